The molecule has 2 rings (SSSR count). The number of nitrogens with zero attached hydrogens (tertiary/aromatic N) is 1. The normalized spacial score (nSPS) is 12.3. The molecule has 0 spiro atoms. The maximum Gasteiger partial charge on any atom is 0.326 e. The van der Waals surface area contributed by atoms with Crippen LogP contribution in [0.5, 0.6) is 0 Å². The van der Waals surface area contributed by atoms with E-state index >= 15 is 0 Å². The van der Waals surface area contributed by atoms with Crippen molar-refractivity contribution < 1.29 is 19.1 Å². The minimum Gasteiger partial charge on any atom is -0.480 e. The Hall–Kier alpha value is -2.54. The largest absolute Gasteiger partial charge is 0.480 e. The first-order chi connectivity index (χ1) is 11.9. The van der Waals surface area contributed by atoms with Crippen LogP contribution in [0.3, 0.4) is 0 Å². The maximum absolute atomic E-state index is 13.0. The summed E-state index contributed by atoms with van der Waals surface area (Å²) in [7, 11) is 0. The smallest absolute Gasteiger partial charge is 0.326 e. The fourth-order valence-corrected chi connectivity index (χ4v) is 3.23. The highest BCUT2D eigenvalue weighted by atomic mass is 32.1. The van der Waals surface area contributed by atoms with Crippen LogP contribution < -0.4 is 5.32 Å². The van der Waals surface area contributed by atoms with Crippen molar-refractivity contribution in [2.45, 2.75) is 32.7 Å². The van der Waals surface area contributed by atoms with E-state index in [1.165, 1.54) is 23.5 Å². The van der Waals surface area contributed by atoms with Crippen LogP contribution in [0.25, 0.3) is 0 Å². The minimum atomic E-state index is -1.08. The number of hydrogen-bond acceptors (Lipinski definition) is 4. The van der Waals surface area contributed by atoms with Gasteiger partial charge in [-0.15, -0.1) is 11.3 Å². The zero-order chi connectivity index (χ0) is 18.4. The molecule has 1 aromatic carbocycles. The predicted octanol–water partition coefficient (Wildman–Crippen LogP) is 3.33. The number of hydrogen-bond donors (Lipinski definition) is 2. The number of halogens is 1. The van der Waals surface area contributed by atoms with E-state index in [4.69, 9.17) is 0 Å². The van der Waals surface area contributed by atoms with Crippen LogP contribution in [0.1, 0.15) is 39.3 Å². The van der Waals surface area contributed by atoms with Gasteiger partial charge in [0.15, 0.2) is 0 Å². The molecule has 25 heavy (non-hydrogen) atoms. The highest BCUT2D eigenvalue weighted by Crippen LogP contribution is 2.21. The molecule has 0 fully saturated rings. The van der Waals surface area contributed by atoms with Gasteiger partial charge in [-0.25, -0.2) is 14.2 Å². The molecule has 0 aliphatic carbocycles. The van der Waals surface area contributed by atoms with Crippen molar-refractivity contribution >= 4 is 23.2 Å². The van der Waals surface area contributed by atoms with E-state index in [-0.39, 0.29) is 12.2 Å². The van der Waals surface area contributed by atoms with Gasteiger partial charge in [-0.2, -0.15) is 0 Å². The molecular weight excluding hydrogens is 343 g/mol. The van der Waals surface area contributed by atoms with Crippen LogP contribution in [-0.2, 0) is 11.2 Å². The number of amides is 1. The molecule has 5 nitrogen and oxygen atoms in total. The van der Waals surface area contributed by atoms with E-state index in [0.717, 1.165) is 10.6 Å². The molecule has 1 unspecified atom stereocenters. The van der Waals surface area contributed by atoms with Gasteiger partial charge < -0.3 is 10.4 Å². The monoisotopic (exact) mass is 362 g/mol. The Balaban J connectivity index is 2.11. The maximum atomic E-state index is 13.0. The summed E-state index contributed by atoms with van der Waals surface area (Å²) in [6.45, 7) is 3.50. The van der Waals surface area contributed by atoms with Crippen molar-refractivity contribution in [1.29, 1.82) is 0 Å². The number of benzene rings is 1. The van der Waals surface area contributed by atoms with Crippen LogP contribution in [0.15, 0.2) is 36.4 Å². The number of aryl methyl sites for hydroxylation is 1. The first-order valence-corrected chi connectivity index (χ1v) is 8.58. The highest BCUT2D eigenvalue weighted by Gasteiger charge is 2.22. The Labute approximate surface area is 149 Å². The lowest BCUT2D eigenvalue weighted by Crippen LogP contribution is -2.40. The number of carboxylic acids is 1. The third-order valence-corrected chi connectivity index (χ3v) is 4.68. The van der Waals surface area contributed by atoms with Gasteiger partial charge >= 0.3 is 5.97 Å². The first-order valence-electron chi connectivity index (χ1n) is 7.76. The zero-order valence-corrected chi connectivity index (χ0v) is 14.8. The van der Waals surface area contributed by atoms with Crippen molar-refractivity contribution in [1.82, 2.24) is 10.3 Å². The molecule has 132 valence electrons. The summed E-state index contributed by atoms with van der Waals surface area (Å²) in [4.78, 5) is 28.4. The highest BCUT2D eigenvalue weighted by molar-refractivity contribution is 7.13. The number of thiazole rings is 1. The number of rotatable bonds is 7. The number of carbonyl (C=O) groups excluding carboxylic acids is 1. The van der Waals surface area contributed by atoms with Crippen molar-refractivity contribution in [3.05, 3.63) is 63.4 Å². The first kappa shape index (κ1) is 18.8. The molecule has 0 aliphatic rings. The van der Waals surface area contributed by atoms with Crippen LogP contribution in [-0.4, -0.2) is 28.0 Å². The van der Waals surface area contributed by atoms with Crippen molar-refractivity contribution in [2.75, 3.05) is 0 Å². The van der Waals surface area contributed by atoms with Gasteiger partial charge in [0.2, 0.25) is 0 Å². The summed E-state index contributed by atoms with van der Waals surface area (Å²) in [5.41, 5.74) is 1.44. The second kappa shape index (κ2) is 8.53. The molecule has 1 heterocycles. The van der Waals surface area contributed by atoms with E-state index in [1.807, 2.05) is 0 Å². The van der Waals surface area contributed by atoms with Gasteiger partial charge in [-0.3, -0.25) is 4.79 Å². The number of nitrogens with one attached hydrogen (secondary N) is 1. The summed E-state index contributed by atoms with van der Waals surface area (Å²) >= 11 is 1.22. The third kappa shape index (κ3) is 5.22. The Bertz CT molecular complexity index is 784. The second-order valence-corrected chi connectivity index (χ2v) is 6.58. The number of allylic oxidation sites excluding steroid dienone is 1. The molecule has 1 aromatic heterocycles. The molecule has 0 radical (unpaired) electrons. The lowest BCUT2D eigenvalue weighted by Gasteiger charge is -2.11. The third-order valence-electron chi connectivity index (χ3n) is 3.53. The van der Waals surface area contributed by atoms with Gasteiger partial charge in [0, 0.05) is 6.42 Å². The number of aliphatic carboxylic acids is 1. The Morgan fingerprint density at radius 3 is 2.64 bits per heavy atom. The predicted molar refractivity (Wildman–Crippen MR) is 94.4 cm³/mol. The van der Waals surface area contributed by atoms with Crippen molar-refractivity contribution in [3.8, 4) is 0 Å². The van der Waals surface area contributed by atoms with Gasteiger partial charge in [0.25, 0.3) is 5.91 Å². The standard InChI is InChI=1S/C18H19FN2O3S/c1-3-4-5-14(18(23)24)21-17(22)16-11(2)20-15(25-16)10-12-6-8-13(19)9-7-12/h3-4,6-9,14H,5,10H2,1-2H3,(H,21,22)(H,23,24)/b4-3+. The molecule has 0 aliphatic heterocycles. The Kier molecular flexibility index (Phi) is 6.41. The molecule has 2 N–H and O–H groups in total. The molecule has 1 atom stereocenters. The van der Waals surface area contributed by atoms with E-state index in [0.29, 0.717) is 17.0 Å². The second-order valence-electron chi connectivity index (χ2n) is 5.49. The minimum absolute atomic E-state index is 0.220. The Morgan fingerprint density at radius 1 is 1.36 bits per heavy atom. The quantitative estimate of drug-likeness (QED) is 0.741. The fourth-order valence-electron chi connectivity index (χ4n) is 2.23. The van der Waals surface area contributed by atoms with Crippen LogP contribution >= 0.6 is 11.3 Å². The molecule has 7 heteroatoms. The van der Waals surface area contributed by atoms with E-state index in [9.17, 15) is 19.1 Å². The van der Waals surface area contributed by atoms with Crippen molar-refractivity contribution in [2.24, 2.45) is 0 Å². The van der Waals surface area contributed by atoms with E-state index in [2.05, 4.69) is 10.3 Å². The molecule has 0 saturated carbocycles. The van der Waals surface area contributed by atoms with Gasteiger partial charge in [-0.05, 0) is 38.0 Å². The lowest BCUT2D eigenvalue weighted by molar-refractivity contribution is -0.139. The average molecular weight is 362 g/mol. The topological polar surface area (TPSA) is 79.3 Å². The molecular formula is C18H19FN2O3S. The lowest BCUT2D eigenvalue weighted by atomic mass is 10.1. The summed E-state index contributed by atoms with van der Waals surface area (Å²) in [5.74, 6) is -1.84. The molecule has 1 amide bonds. The summed E-state index contributed by atoms with van der Waals surface area (Å²) in [6, 6.07) is 5.11. The average Bonchev–Trinajstić information content (AvgIpc) is 2.93. The zero-order valence-electron chi connectivity index (χ0n) is 14.0. The number of carboxylic acid groups (broad SMARTS) is 1. The van der Waals surface area contributed by atoms with E-state index < -0.39 is 17.9 Å². The van der Waals surface area contributed by atoms with Crippen LogP contribution in [0.4, 0.5) is 4.39 Å². The van der Waals surface area contributed by atoms with Crippen LogP contribution in [0.2, 0.25) is 0 Å². The van der Waals surface area contributed by atoms with Crippen LogP contribution in [0, 0.1) is 12.7 Å². The molecule has 2 aromatic rings. The van der Waals surface area contributed by atoms with Crippen molar-refractivity contribution in [3.63, 3.8) is 0 Å². The Morgan fingerprint density at radius 2 is 2.04 bits per heavy atom. The molecule has 0 bridgehead atoms. The van der Waals surface area contributed by atoms with Gasteiger partial charge in [0.1, 0.15) is 16.7 Å². The SMILES string of the molecule is C/C=C/CC(NC(=O)c1sc(Cc2ccc(F)cc2)nc1C)C(=O)O. The summed E-state index contributed by atoms with van der Waals surface area (Å²) in [6.07, 6.45) is 4.14. The van der Waals surface area contributed by atoms with E-state index in [1.54, 1.807) is 38.1 Å². The summed E-state index contributed by atoms with van der Waals surface area (Å²) < 4.78 is 13.0. The van der Waals surface area contributed by atoms with Gasteiger partial charge in [0.05, 0.1) is 10.7 Å². The van der Waals surface area contributed by atoms with Gasteiger partial charge in [-0.1, -0.05) is 24.3 Å². The number of carbonyl (C=O) groups is 2. The number of aromatic nitrogens is 1. The fraction of sp³-hybridized carbons (Fsp3) is 0.278. The summed E-state index contributed by atoms with van der Waals surface area (Å²) in [5, 5.41) is 12.4. The molecule has 0 saturated heterocycles.